The molecule has 0 aliphatic carbocycles. The van der Waals surface area contributed by atoms with E-state index in [1.165, 1.54) is 12.0 Å². The number of benzene rings is 3. The third-order valence-electron chi connectivity index (χ3n) is 6.88. The van der Waals surface area contributed by atoms with Crippen LogP contribution < -0.4 is 19.1 Å². The van der Waals surface area contributed by atoms with Crippen LogP contribution in [0.4, 0.5) is 5.69 Å². The molecule has 1 amide bonds. The van der Waals surface area contributed by atoms with Crippen LogP contribution >= 0.6 is 0 Å². The number of rotatable bonds is 5. The van der Waals surface area contributed by atoms with Crippen LogP contribution in [0.2, 0.25) is 0 Å². The van der Waals surface area contributed by atoms with E-state index < -0.39 is 17.7 Å². The number of methoxy groups -OCH3 is 1. The summed E-state index contributed by atoms with van der Waals surface area (Å²) in [5.41, 5.74) is 4.37. The number of Topliss-reactive ketones (excluding diaryl/α,β-unsaturated/α-hetero) is 1. The Bertz CT molecular complexity index is 1440. The predicted molar refractivity (Wildman–Crippen MR) is 140 cm³/mol. The monoisotopic (exact) mass is 499 g/mol. The number of amides is 1. The van der Waals surface area contributed by atoms with Crippen molar-refractivity contribution in [2.45, 2.75) is 39.7 Å². The lowest BCUT2D eigenvalue weighted by Gasteiger charge is -2.26. The zero-order chi connectivity index (χ0) is 26.4. The third kappa shape index (κ3) is 4.10. The molecule has 3 aromatic rings. The van der Waals surface area contributed by atoms with Gasteiger partial charge in [-0.05, 0) is 60.2 Å². The second kappa shape index (κ2) is 9.32. The lowest BCUT2D eigenvalue weighted by Crippen LogP contribution is -2.29. The summed E-state index contributed by atoms with van der Waals surface area (Å²) in [6.07, 6.45) is 0. The maximum atomic E-state index is 13.6. The Morgan fingerprint density at radius 1 is 1.00 bits per heavy atom. The smallest absolute Gasteiger partial charge is 0.300 e. The quantitative estimate of drug-likeness (QED) is 0.272. The molecule has 37 heavy (non-hydrogen) atoms. The van der Waals surface area contributed by atoms with E-state index in [1.807, 2.05) is 44.2 Å². The van der Waals surface area contributed by atoms with E-state index >= 15 is 0 Å². The molecule has 1 atom stereocenters. The van der Waals surface area contributed by atoms with Gasteiger partial charge in [-0.3, -0.25) is 14.5 Å². The first kappa shape index (κ1) is 24.4. The number of ether oxygens (including phenoxy) is 3. The molecule has 2 aliphatic heterocycles. The molecule has 0 aromatic heterocycles. The fourth-order valence-electron chi connectivity index (χ4n) is 5.06. The lowest BCUT2D eigenvalue weighted by molar-refractivity contribution is -0.132. The number of hydrogen-bond acceptors (Lipinski definition) is 6. The van der Waals surface area contributed by atoms with Crippen LogP contribution in [-0.2, 0) is 9.59 Å². The van der Waals surface area contributed by atoms with Crippen molar-refractivity contribution in [1.29, 1.82) is 0 Å². The van der Waals surface area contributed by atoms with Gasteiger partial charge in [0.1, 0.15) is 11.5 Å². The van der Waals surface area contributed by atoms with Crippen molar-refractivity contribution in [3.05, 3.63) is 88.0 Å². The number of anilines is 1. The maximum absolute atomic E-state index is 13.6. The number of ketones is 1. The predicted octanol–water partition coefficient (Wildman–Crippen LogP) is 5.79. The van der Waals surface area contributed by atoms with Gasteiger partial charge in [0.05, 0.1) is 24.3 Å². The number of aryl methyl sites for hydroxylation is 2. The van der Waals surface area contributed by atoms with E-state index in [0.29, 0.717) is 40.0 Å². The molecule has 0 radical (unpaired) electrons. The van der Waals surface area contributed by atoms with Gasteiger partial charge in [-0.1, -0.05) is 44.2 Å². The summed E-state index contributed by atoms with van der Waals surface area (Å²) in [6, 6.07) is 15.7. The lowest BCUT2D eigenvalue weighted by atomic mass is 9.92. The Hall–Kier alpha value is -4.26. The van der Waals surface area contributed by atoms with Crippen molar-refractivity contribution < 1.29 is 28.9 Å². The summed E-state index contributed by atoms with van der Waals surface area (Å²) >= 11 is 0. The van der Waals surface area contributed by atoms with E-state index in [1.54, 1.807) is 24.3 Å². The Balaban J connectivity index is 1.74. The normalized spacial score (nSPS) is 18.1. The average Bonchev–Trinajstić information content (AvgIpc) is 3.45. The van der Waals surface area contributed by atoms with Gasteiger partial charge in [0.2, 0.25) is 6.79 Å². The highest BCUT2D eigenvalue weighted by atomic mass is 16.7. The molecule has 0 spiro atoms. The largest absolute Gasteiger partial charge is 0.507 e. The van der Waals surface area contributed by atoms with Gasteiger partial charge in [0.25, 0.3) is 11.7 Å². The summed E-state index contributed by atoms with van der Waals surface area (Å²) in [7, 11) is 1.52. The molecule has 1 N–H and O–H groups in total. The maximum Gasteiger partial charge on any atom is 0.300 e. The molecule has 1 fully saturated rings. The minimum absolute atomic E-state index is 0.00302. The highest BCUT2D eigenvalue weighted by Crippen LogP contribution is 2.46. The van der Waals surface area contributed by atoms with Gasteiger partial charge < -0.3 is 19.3 Å². The van der Waals surface area contributed by atoms with Crippen LogP contribution in [0.5, 0.6) is 17.2 Å². The molecule has 0 bridgehead atoms. The summed E-state index contributed by atoms with van der Waals surface area (Å²) in [5.74, 6) is 0.0432. The Morgan fingerprint density at radius 2 is 1.70 bits per heavy atom. The van der Waals surface area contributed by atoms with Crippen molar-refractivity contribution in [3.8, 4) is 17.2 Å². The van der Waals surface area contributed by atoms with Crippen LogP contribution in [0.25, 0.3) is 5.76 Å². The van der Waals surface area contributed by atoms with Gasteiger partial charge >= 0.3 is 0 Å². The van der Waals surface area contributed by atoms with Crippen molar-refractivity contribution in [1.82, 2.24) is 0 Å². The van der Waals surface area contributed by atoms with Crippen LogP contribution in [0.15, 0.2) is 60.2 Å². The molecule has 7 heteroatoms. The van der Waals surface area contributed by atoms with E-state index in [4.69, 9.17) is 14.2 Å². The van der Waals surface area contributed by atoms with E-state index in [0.717, 1.165) is 16.7 Å². The minimum Gasteiger partial charge on any atom is -0.507 e. The number of aliphatic hydroxyl groups is 1. The fraction of sp³-hybridized carbons (Fsp3) is 0.267. The molecule has 3 aromatic carbocycles. The van der Waals surface area contributed by atoms with Gasteiger partial charge in [0.15, 0.2) is 11.5 Å². The molecular weight excluding hydrogens is 470 g/mol. The molecule has 5 rings (SSSR count). The van der Waals surface area contributed by atoms with E-state index in [2.05, 4.69) is 13.8 Å². The summed E-state index contributed by atoms with van der Waals surface area (Å²) in [5, 5.41) is 11.6. The van der Waals surface area contributed by atoms with Crippen molar-refractivity contribution >= 4 is 23.1 Å². The first-order valence-corrected chi connectivity index (χ1v) is 12.2. The minimum atomic E-state index is -0.855. The number of aliphatic hydroxyl groups excluding tert-OH is 1. The number of nitrogens with zero attached hydrogens (tertiary/aromatic N) is 1. The second-order valence-corrected chi connectivity index (χ2v) is 9.69. The first-order valence-electron chi connectivity index (χ1n) is 12.2. The van der Waals surface area contributed by atoms with Crippen LogP contribution in [-0.4, -0.2) is 30.7 Å². The zero-order valence-corrected chi connectivity index (χ0v) is 21.5. The molecule has 0 saturated carbocycles. The first-order chi connectivity index (χ1) is 17.7. The summed E-state index contributed by atoms with van der Waals surface area (Å²) < 4.78 is 16.5. The van der Waals surface area contributed by atoms with Crippen LogP contribution in [0.3, 0.4) is 0 Å². The molecule has 2 heterocycles. The van der Waals surface area contributed by atoms with Gasteiger partial charge in [-0.15, -0.1) is 0 Å². The highest BCUT2D eigenvalue weighted by Gasteiger charge is 2.47. The molecule has 7 nitrogen and oxygen atoms in total. The molecule has 2 aliphatic rings. The Labute approximate surface area is 215 Å². The molecule has 1 unspecified atom stereocenters. The third-order valence-corrected chi connectivity index (χ3v) is 6.88. The van der Waals surface area contributed by atoms with Gasteiger partial charge in [-0.2, -0.15) is 0 Å². The highest BCUT2D eigenvalue weighted by molar-refractivity contribution is 6.51. The molecule has 1 saturated heterocycles. The summed E-state index contributed by atoms with van der Waals surface area (Å²) in [6.45, 7) is 8.05. The molecule has 190 valence electrons. The van der Waals surface area contributed by atoms with Gasteiger partial charge in [-0.25, -0.2) is 0 Å². The topological polar surface area (TPSA) is 85.3 Å². The van der Waals surface area contributed by atoms with E-state index in [9.17, 15) is 14.7 Å². The SMILES string of the molecule is COc1c(C)cc(C)cc1/C(O)=C1\C(=O)C(=O)N(c2ccc3c(c2)OCO3)C1c1ccc(C(C)C)cc1. The van der Waals surface area contributed by atoms with Gasteiger partial charge in [0, 0.05) is 11.8 Å². The zero-order valence-electron chi connectivity index (χ0n) is 21.5. The van der Waals surface area contributed by atoms with Crippen molar-refractivity contribution in [2.75, 3.05) is 18.8 Å². The number of carbonyl (C=O) groups is 2. The summed E-state index contributed by atoms with van der Waals surface area (Å²) in [4.78, 5) is 28.5. The van der Waals surface area contributed by atoms with E-state index in [-0.39, 0.29) is 18.1 Å². The standard InChI is InChI=1S/C30H29NO6/c1-16(2)19-6-8-20(9-7-19)26-25(27(32)22-13-17(3)12-18(4)29(22)35-5)28(33)30(34)31(26)21-10-11-23-24(14-21)37-15-36-23/h6-14,16,26,32H,15H2,1-5H3/b27-25+. The molecular formula is C30H29NO6. The number of carbonyl (C=O) groups excluding carboxylic acids is 2. The van der Waals surface area contributed by atoms with Crippen molar-refractivity contribution in [3.63, 3.8) is 0 Å². The number of hydrogen-bond donors (Lipinski definition) is 1. The fourth-order valence-corrected chi connectivity index (χ4v) is 5.06. The average molecular weight is 500 g/mol. The van der Waals surface area contributed by atoms with Crippen LogP contribution in [0, 0.1) is 13.8 Å². The Kier molecular flexibility index (Phi) is 6.15. The second-order valence-electron chi connectivity index (χ2n) is 9.69. The van der Waals surface area contributed by atoms with Crippen LogP contribution in [0.1, 0.15) is 53.6 Å². The van der Waals surface area contributed by atoms with Crippen molar-refractivity contribution in [2.24, 2.45) is 0 Å². The number of fused-ring (bicyclic) bond motifs is 1. The Morgan fingerprint density at radius 3 is 2.38 bits per heavy atom.